The molecule has 1 aromatic carbocycles. The van der Waals surface area contributed by atoms with Crippen LogP contribution in [-0.2, 0) is 20.1 Å². The van der Waals surface area contributed by atoms with Gasteiger partial charge in [0, 0.05) is 31.5 Å². The molecule has 0 aliphatic carbocycles. The Bertz CT molecular complexity index is 612. The highest BCUT2D eigenvalue weighted by atomic mass is 19.1. The molecule has 0 amide bonds. The van der Waals surface area contributed by atoms with E-state index >= 15 is 0 Å². The normalized spacial score (nSPS) is 10.7. The third-order valence-corrected chi connectivity index (χ3v) is 2.95. The maximum atomic E-state index is 13.8. The van der Waals surface area contributed by atoms with Gasteiger partial charge in [0.05, 0.1) is 18.2 Å². The van der Waals surface area contributed by atoms with Gasteiger partial charge in [-0.2, -0.15) is 5.26 Å². The Morgan fingerprint density at radius 1 is 1.42 bits per heavy atom. The lowest BCUT2D eigenvalue weighted by atomic mass is 10.1. The second-order valence-corrected chi connectivity index (χ2v) is 4.54. The predicted molar refractivity (Wildman–Crippen MR) is 69.5 cm³/mol. The van der Waals surface area contributed by atoms with E-state index in [-0.39, 0.29) is 5.82 Å². The molecule has 1 heterocycles. The molecular formula is C14H15FN4. The van der Waals surface area contributed by atoms with Gasteiger partial charge in [0.2, 0.25) is 0 Å². The van der Waals surface area contributed by atoms with Crippen molar-refractivity contribution < 1.29 is 4.39 Å². The van der Waals surface area contributed by atoms with Crippen molar-refractivity contribution in [3.05, 3.63) is 53.4 Å². The second-order valence-electron chi connectivity index (χ2n) is 4.54. The highest BCUT2D eigenvalue weighted by Gasteiger charge is 2.09. The van der Waals surface area contributed by atoms with E-state index in [0.717, 1.165) is 5.82 Å². The van der Waals surface area contributed by atoms with Gasteiger partial charge < -0.3 is 4.57 Å². The fraction of sp³-hybridized carbons (Fsp3) is 0.286. The fourth-order valence-corrected chi connectivity index (χ4v) is 1.88. The largest absolute Gasteiger partial charge is 0.337 e. The van der Waals surface area contributed by atoms with Crippen LogP contribution in [0.2, 0.25) is 0 Å². The number of nitrogens with zero attached hydrogens (tertiary/aromatic N) is 4. The van der Waals surface area contributed by atoms with Crippen molar-refractivity contribution in [2.24, 2.45) is 7.05 Å². The average Bonchev–Trinajstić information content (AvgIpc) is 2.77. The Labute approximate surface area is 111 Å². The number of nitriles is 1. The molecule has 0 unspecified atom stereocenters. The zero-order valence-corrected chi connectivity index (χ0v) is 11.0. The van der Waals surface area contributed by atoms with E-state index in [1.165, 1.54) is 6.07 Å². The fourth-order valence-electron chi connectivity index (χ4n) is 1.88. The monoisotopic (exact) mass is 258 g/mol. The quantitative estimate of drug-likeness (QED) is 0.843. The van der Waals surface area contributed by atoms with Crippen molar-refractivity contribution in [1.29, 1.82) is 5.26 Å². The summed E-state index contributed by atoms with van der Waals surface area (Å²) in [7, 11) is 3.84. The first-order valence-corrected chi connectivity index (χ1v) is 5.93. The number of hydrogen-bond donors (Lipinski definition) is 0. The van der Waals surface area contributed by atoms with Gasteiger partial charge in [-0.3, -0.25) is 4.90 Å². The summed E-state index contributed by atoms with van der Waals surface area (Å²) >= 11 is 0. The van der Waals surface area contributed by atoms with E-state index < -0.39 is 0 Å². The van der Waals surface area contributed by atoms with Gasteiger partial charge >= 0.3 is 0 Å². The lowest BCUT2D eigenvalue weighted by Gasteiger charge is -2.16. The average molecular weight is 258 g/mol. The molecule has 0 aliphatic heterocycles. The van der Waals surface area contributed by atoms with Crippen molar-refractivity contribution in [3.63, 3.8) is 0 Å². The minimum Gasteiger partial charge on any atom is -0.337 e. The standard InChI is InChI=1S/C14H15FN4/c1-18(10-14-17-5-6-19(14)2)9-12-4-3-11(8-16)7-13(12)15/h3-7H,9-10H2,1-2H3. The summed E-state index contributed by atoms with van der Waals surface area (Å²) in [5.74, 6) is 0.585. The Kier molecular flexibility index (Phi) is 3.93. The predicted octanol–water partition coefficient (Wildman–Crippen LogP) is 2.06. The lowest BCUT2D eigenvalue weighted by Crippen LogP contribution is -2.20. The van der Waals surface area contributed by atoms with Crippen LogP contribution in [-0.4, -0.2) is 21.5 Å². The Morgan fingerprint density at radius 3 is 2.79 bits per heavy atom. The van der Waals surface area contributed by atoms with Crippen LogP contribution in [0.5, 0.6) is 0 Å². The van der Waals surface area contributed by atoms with Gasteiger partial charge in [-0.25, -0.2) is 9.37 Å². The molecule has 0 saturated heterocycles. The van der Waals surface area contributed by atoms with Crippen molar-refractivity contribution in [2.75, 3.05) is 7.05 Å². The van der Waals surface area contributed by atoms with Crippen LogP contribution in [0.4, 0.5) is 4.39 Å². The first kappa shape index (κ1) is 13.2. The molecule has 2 rings (SSSR count). The molecule has 0 aliphatic rings. The van der Waals surface area contributed by atoms with Crippen molar-refractivity contribution >= 4 is 0 Å². The van der Waals surface area contributed by atoms with Crippen LogP contribution in [0.3, 0.4) is 0 Å². The molecular weight excluding hydrogens is 243 g/mol. The van der Waals surface area contributed by atoms with E-state index in [1.807, 2.05) is 35.8 Å². The van der Waals surface area contributed by atoms with Crippen LogP contribution in [0, 0.1) is 17.1 Å². The third-order valence-electron chi connectivity index (χ3n) is 2.95. The minimum atomic E-state index is -0.342. The van der Waals surface area contributed by atoms with Gasteiger partial charge in [-0.15, -0.1) is 0 Å². The molecule has 0 saturated carbocycles. The molecule has 19 heavy (non-hydrogen) atoms. The molecule has 0 radical (unpaired) electrons. The molecule has 0 atom stereocenters. The van der Waals surface area contributed by atoms with Crippen LogP contribution in [0.15, 0.2) is 30.6 Å². The Morgan fingerprint density at radius 2 is 2.21 bits per heavy atom. The van der Waals surface area contributed by atoms with Gasteiger partial charge in [-0.05, 0) is 19.2 Å². The maximum absolute atomic E-state index is 13.8. The summed E-state index contributed by atoms with van der Waals surface area (Å²) in [4.78, 5) is 6.21. The molecule has 0 bridgehead atoms. The Balaban J connectivity index is 2.05. The molecule has 98 valence electrons. The summed E-state index contributed by atoms with van der Waals surface area (Å²) < 4.78 is 15.7. The van der Waals surface area contributed by atoms with Gasteiger partial charge in [-0.1, -0.05) is 6.07 Å². The number of benzene rings is 1. The summed E-state index contributed by atoms with van der Waals surface area (Å²) in [5, 5.41) is 8.70. The van der Waals surface area contributed by atoms with Gasteiger partial charge in [0.15, 0.2) is 0 Å². The molecule has 2 aromatic rings. The van der Waals surface area contributed by atoms with Gasteiger partial charge in [0.1, 0.15) is 11.6 Å². The minimum absolute atomic E-state index is 0.341. The van der Waals surface area contributed by atoms with Crippen molar-refractivity contribution in [1.82, 2.24) is 14.5 Å². The topological polar surface area (TPSA) is 44.9 Å². The van der Waals surface area contributed by atoms with E-state index in [2.05, 4.69) is 4.98 Å². The molecule has 5 heteroatoms. The zero-order valence-electron chi connectivity index (χ0n) is 11.0. The van der Waals surface area contributed by atoms with Crippen LogP contribution in [0.25, 0.3) is 0 Å². The number of rotatable bonds is 4. The highest BCUT2D eigenvalue weighted by molar-refractivity contribution is 5.32. The van der Waals surface area contributed by atoms with E-state index in [9.17, 15) is 4.39 Å². The van der Waals surface area contributed by atoms with E-state index in [1.54, 1.807) is 18.3 Å². The number of aryl methyl sites for hydroxylation is 1. The molecule has 0 N–H and O–H groups in total. The first-order chi connectivity index (χ1) is 9.10. The SMILES string of the molecule is CN(Cc1ccc(C#N)cc1F)Cc1nccn1C. The summed E-state index contributed by atoms with van der Waals surface area (Å²) in [6.45, 7) is 1.12. The summed E-state index contributed by atoms with van der Waals surface area (Å²) in [5.41, 5.74) is 0.920. The Hall–Kier alpha value is -2.19. The van der Waals surface area contributed by atoms with E-state index in [0.29, 0.717) is 24.2 Å². The van der Waals surface area contributed by atoms with Crippen molar-refractivity contribution in [2.45, 2.75) is 13.1 Å². The van der Waals surface area contributed by atoms with E-state index in [4.69, 9.17) is 5.26 Å². The summed E-state index contributed by atoms with van der Waals surface area (Å²) in [6.07, 6.45) is 3.62. The number of aromatic nitrogens is 2. The molecule has 0 spiro atoms. The second kappa shape index (κ2) is 5.63. The van der Waals surface area contributed by atoms with Crippen molar-refractivity contribution in [3.8, 4) is 6.07 Å². The maximum Gasteiger partial charge on any atom is 0.129 e. The smallest absolute Gasteiger partial charge is 0.129 e. The number of imidazole rings is 1. The van der Waals surface area contributed by atoms with Gasteiger partial charge in [0.25, 0.3) is 0 Å². The molecule has 0 fully saturated rings. The number of halogens is 1. The molecule has 4 nitrogen and oxygen atoms in total. The van der Waals surface area contributed by atoms with Crippen LogP contribution >= 0.6 is 0 Å². The highest BCUT2D eigenvalue weighted by Crippen LogP contribution is 2.13. The zero-order chi connectivity index (χ0) is 13.8. The van der Waals surface area contributed by atoms with Crippen LogP contribution < -0.4 is 0 Å². The molecule has 1 aromatic heterocycles. The first-order valence-electron chi connectivity index (χ1n) is 5.93. The number of hydrogen-bond acceptors (Lipinski definition) is 3. The third kappa shape index (κ3) is 3.18. The lowest BCUT2D eigenvalue weighted by molar-refractivity contribution is 0.302. The summed E-state index contributed by atoms with van der Waals surface area (Å²) in [6, 6.07) is 6.48. The van der Waals surface area contributed by atoms with Crippen LogP contribution in [0.1, 0.15) is 17.0 Å².